The van der Waals surface area contributed by atoms with Gasteiger partial charge in [-0.2, -0.15) is 0 Å². The van der Waals surface area contributed by atoms with Crippen LogP contribution >= 0.6 is 0 Å². The van der Waals surface area contributed by atoms with Crippen molar-refractivity contribution in [3.8, 4) is 0 Å². The zero-order valence-electron chi connectivity index (χ0n) is 11.0. The summed E-state index contributed by atoms with van der Waals surface area (Å²) >= 11 is 0. The molecule has 94 valence electrons. The van der Waals surface area contributed by atoms with E-state index in [4.69, 9.17) is 15.9 Å². The van der Waals surface area contributed by atoms with Gasteiger partial charge in [0.05, 0.1) is 6.10 Å². The molecule has 0 radical (unpaired) electrons. The van der Waals surface area contributed by atoms with Crippen LogP contribution in [-0.4, -0.2) is 18.0 Å². The van der Waals surface area contributed by atoms with Crippen molar-refractivity contribution >= 4 is 5.84 Å². The highest BCUT2D eigenvalue weighted by Gasteiger charge is 2.33. The molecule has 0 heterocycles. The van der Waals surface area contributed by atoms with Crippen molar-refractivity contribution in [3.63, 3.8) is 0 Å². The van der Waals surface area contributed by atoms with Crippen molar-refractivity contribution in [3.05, 3.63) is 0 Å². The van der Waals surface area contributed by atoms with Gasteiger partial charge in [-0.3, -0.25) is 5.41 Å². The topological polar surface area (TPSA) is 59.1 Å². The predicted octanol–water partition coefficient (Wildman–Crippen LogP) is 2.93. The molecule has 1 rings (SSSR count). The van der Waals surface area contributed by atoms with E-state index in [0.717, 1.165) is 19.3 Å². The molecule has 0 aliphatic heterocycles. The fourth-order valence-electron chi connectivity index (χ4n) is 2.98. The molecule has 3 N–H and O–H groups in total. The SMILES string of the molecule is CCC(OC1CC(C)CC(C)(C)C1)C(=N)N. The van der Waals surface area contributed by atoms with Crippen molar-refractivity contribution in [1.82, 2.24) is 0 Å². The van der Waals surface area contributed by atoms with Crippen LogP contribution in [0.1, 0.15) is 53.4 Å². The molecule has 0 spiro atoms. The van der Waals surface area contributed by atoms with Crippen LogP contribution in [0.15, 0.2) is 0 Å². The van der Waals surface area contributed by atoms with E-state index in [1.807, 2.05) is 6.92 Å². The third kappa shape index (κ3) is 3.78. The van der Waals surface area contributed by atoms with Gasteiger partial charge < -0.3 is 10.5 Å². The average molecular weight is 226 g/mol. The summed E-state index contributed by atoms with van der Waals surface area (Å²) in [5.74, 6) is 0.872. The van der Waals surface area contributed by atoms with Crippen molar-refractivity contribution in [2.24, 2.45) is 17.1 Å². The van der Waals surface area contributed by atoms with E-state index in [1.165, 1.54) is 6.42 Å². The molecule has 3 nitrogen and oxygen atoms in total. The second-order valence-electron chi connectivity index (χ2n) is 6.02. The minimum atomic E-state index is -0.189. The van der Waals surface area contributed by atoms with Gasteiger partial charge in [-0.15, -0.1) is 0 Å². The first-order valence-corrected chi connectivity index (χ1v) is 6.33. The Morgan fingerprint density at radius 1 is 1.50 bits per heavy atom. The number of hydrogen-bond donors (Lipinski definition) is 2. The van der Waals surface area contributed by atoms with Gasteiger partial charge >= 0.3 is 0 Å². The van der Waals surface area contributed by atoms with Gasteiger partial charge in [0.25, 0.3) is 0 Å². The highest BCUT2D eigenvalue weighted by molar-refractivity contribution is 5.81. The molecule has 1 aliphatic carbocycles. The fourth-order valence-corrected chi connectivity index (χ4v) is 2.98. The van der Waals surface area contributed by atoms with Gasteiger partial charge in [-0.25, -0.2) is 0 Å². The summed E-state index contributed by atoms with van der Waals surface area (Å²) in [6, 6.07) is 0. The van der Waals surface area contributed by atoms with Crippen LogP contribution in [0.2, 0.25) is 0 Å². The Hall–Kier alpha value is -0.570. The lowest BCUT2D eigenvalue weighted by Crippen LogP contribution is -2.39. The highest BCUT2D eigenvalue weighted by atomic mass is 16.5. The lowest BCUT2D eigenvalue weighted by molar-refractivity contribution is -0.0432. The normalized spacial score (nSPS) is 31.0. The Labute approximate surface area is 99.3 Å². The molecule has 1 fully saturated rings. The molecule has 0 aromatic rings. The maximum Gasteiger partial charge on any atom is 0.120 e. The average Bonchev–Trinajstić information content (AvgIpc) is 2.10. The summed E-state index contributed by atoms with van der Waals surface area (Å²) < 4.78 is 5.96. The van der Waals surface area contributed by atoms with E-state index in [0.29, 0.717) is 11.3 Å². The standard InChI is InChI=1S/C13H26N2O/c1-5-11(12(14)15)16-10-6-9(2)7-13(3,4)8-10/h9-11H,5-8H2,1-4H3,(H3,14,15). The van der Waals surface area contributed by atoms with Crippen LogP contribution in [0.25, 0.3) is 0 Å². The number of hydrogen-bond acceptors (Lipinski definition) is 2. The highest BCUT2D eigenvalue weighted by Crippen LogP contribution is 2.40. The molecule has 0 saturated heterocycles. The number of nitrogens with two attached hydrogens (primary N) is 1. The van der Waals surface area contributed by atoms with Crippen molar-refractivity contribution in [2.45, 2.75) is 65.6 Å². The molecule has 3 atom stereocenters. The number of ether oxygens (including phenoxy) is 1. The molecule has 16 heavy (non-hydrogen) atoms. The Morgan fingerprint density at radius 3 is 2.56 bits per heavy atom. The van der Waals surface area contributed by atoms with E-state index >= 15 is 0 Å². The minimum Gasteiger partial charge on any atom is -0.385 e. The van der Waals surface area contributed by atoms with E-state index in [-0.39, 0.29) is 18.0 Å². The van der Waals surface area contributed by atoms with Crippen molar-refractivity contribution in [1.29, 1.82) is 5.41 Å². The van der Waals surface area contributed by atoms with Crippen LogP contribution in [0.5, 0.6) is 0 Å². The maximum absolute atomic E-state index is 7.47. The van der Waals surface area contributed by atoms with Gasteiger partial charge in [0, 0.05) is 0 Å². The van der Waals surface area contributed by atoms with Gasteiger partial charge in [0.1, 0.15) is 11.9 Å². The predicted molar refractivity (Wildman–Crippen MR) is 67.7 cm³/mol. The summed E-state index contributed by atoms with van der Waals surface area (Å²) in [7, 11) is 0. The minimum absolute atomic E-state index is 0.165. The fraction of sp³-hybridized carbons (Fsp3) is 0.923. The van der Waals surface area contributed by atoms with Gasteiger partial charge in [0.2, 0.25) is 0 Å². The molecular formula is C13H26N2O. The van der Waals surface area contributed by atoms with Crippen LogP contribution in [0.4, 0.5) is 0 Å². The van der Waals surface area contributed by atoms with Gasteiger partial charge in [0.15, 0.2) is 0 Å². The zero-order chi connectivity index (χ0) is 12.3. The van der Waals surface area contributed by atoms with Crippen molar-refractivity contribution < 1.29 is 4.74 Å². The maximum atomic E-state index is 7.47. The summed E-state index contributed by atoms with van der Waals surface area (Å²) in [5.41, 5.74) is 5.88. The number of rotatable bonds is 4. The number of amidine groups is 1. The van der Waals surface area contributed by atoms with E-state index in [9.17, 15) is 0 Å². The Bertz CT molecular complexity index is 250. The second-order valence-corrected chi connectivity index (χ2v) is 6.02. The van der Waals surface area contributed by atoms with Crippen molar-refractivity contribution in [2.75, 3.05) is 0 Å². The monoisotopic (exact) mass is 226 g/mol. The first-order valence-electron chi connectivity index (χ1n) is 6.33. The summed E-state index contributed by atoms with van der Waals surface area (Å²) in [4.78, 5) is 0. The third-order valence-electron chi connectivity index (χ3n) is 3.42. The van der Waals surface area contributed by atoms with Crippen LogP contribution < -0.4 is 5.73 Å². The van der Waals surface area contributed by atoms with Gasteiger partial charge in [-0.05, 0) is 37.0 Å². The quantitative estimate of drug-likeness (QED) is 0.572. The van der Waals surface area contributed by atoms with E-state index in [1.54, 1.807) is 0 Å². The molecule has 0 aromatic heterocycles. The molecule has 3 heteroatoms. The Morgan fingerprint density at radius 2 is 2.12 bits per heavy atom. The zero-order valence-corrected chi connectivity index (χ0v) is 11.0. The second kappa shape index (κ2) is 5.17. The third-order valence-corrected chi connectivity index (χ3v) is 3.42. The molecule has 1 aliphatic rings. The van der Waals surface area contributed by atoms with Gasteiger partial charge in [-0.1, -0.05) is 27.7 Å². The lowest BCUT2D eigenvalue weighted by Gasteiger charge is -2.39. The summed E-state index contributed by atoms with van der Waals surface area (Å²) in [6.45, 7) is 8.90. The Kier molecular flexibility index (Phi) is 4.36. The molecule has 0 aromatic carbocycles. The number of nitrogens with one attached hydrogen (secondary N) is 1. The molecular weight excluding hydrogens is 200 g/mol. The first-order chi connectivity index (χ1) is 7.34. The largest absolute Gasteiger partial charge is 0.385 e. The van der Waals surface area contributed by atoms with E-state index < -0.39 is 0 Å². The lowest BCUT2D eigenvalue weighted by atomic mass is 9.71. The smallest absolute Gasteiger partial charge is 0.120 e. The summed E-state index contributed by atoms with van der Waals surface area (Å²) in [6.07, 6.45) is 4.33. The van der Waals surface area contributed by atoms with Crippen LogP contribution in [0, 0.1) is 16.7 Å². The van der Waals surface area contributed by atoms with Crippen LogP contribution in [-0.2, 0) is 4.74 Å². The molecule has 3 unspecified atom stereocenters. The van der Waals surface area contributed by atoms with E-state index in [2.05, 4.69) is 20.8 Å². The molecule has 1 saturated carbocycles. The first kappa shape index (κ1) is 13.5. The summed E-state index contributed by atoms with van der Waals surface area (Å²) in [5, 5.41) is 7.47. The Balaban J connectivity index is 2.56. The molecule has 0 amide bonds. The van der Waals surface area contributed by atoms with Crippen LogP contribution in [0.3, 0.4) is 0 Å². The molecule has 0 bridgehead atoms.